The van der Waals surface area contributed by atoms with Crippen molar-refractivity contribution in [3.63, 3.8) is 0 Å². The molecule has 1 saturated carbocycles. The van der Waals surface area contributed by atoms with Crippen molar-refractivity contribution in [3.05, 3.63) is 60.2 Å². The van der Waals surface area contributed by atoms with Crippen LogP contribution in [0.15, 0.2) is 59.5 Å². The van der Waals surface area contributed by atoms with Gasteiger partial charge in [-0.1, -0.05) is 30.3 Å². The summed E-state index contributed by atoms with van der Waals surface area (Å²) in [7, 11) is -4.07. The molecule has 5 rings (SSSR count). The number of anilines is 1. The van der Waals surface area contributed by atoms with Gasteiger partial charge >= 0.3 is 6.09 Å². The number of alkyl carbamates (subject to hydrolysis) is 1. The SMILES string of the molecule is Nc1ccc(S(=O)(=O)N(C[C@H]2CCC(=O)N2)C[C@@H](O)[C@H](Cc2ccccc2)NC(=O)OC2CC[C@H]3OCC[C@@H]23)cc1. The van der Waals surface area contributed by atoms with Crippen LogP contribution in [0.2, 0.25) is 0 Å². The lowest BCUT2D eigenvalue weighted by molar-refractivity contribution is -0.119. The van der Waals surface area contributed by atoms with Crippen LogP contribution in [-0.2, 0) is 30.7 Å². The average molecular weight is 587 g/mol. The Morgan fingerprint density at radius 3 is 2.59 bits per heavy atom. The van der Waals surface area contributed by atoms with Gasteiger partial charge in [0.15, 0.2) is 0 Å². The molecule has 2 saturated heterocycles. The molecule has 1 aliphatic carbocycles. The number of sulfonamides is 1. The normalized spacial score (nSPS) is 25.5. The number of fused-ring (bicyclic) bond motifs is 1. The van der Waals surface area contributed by atoms with Crippen molar-refractivity contribution in [1.82, 2.24) is 14.9 Å². The summed E-state index contributed by atoms with van der Waals surface area (Å²) in [5.41, 5.74) is 7.04. The van der Waals surface area contributed by atoms with E-state index < -0.39 is 34.3 Å². The molecule has 5 N–H and O–H groups in total. The van der Waals surface area contributed by atoms with Gasteiger partial charge in [-0.2, -0.15) is 4.31 Å². The molecule has 2 amide bonds. The van der Waals surface area contributed by atoms with Crippen LogP contribution in [0.5, 0.6) is 0 Å². The Bertz CT molecular complexity index is 1310. The van der Waals surface area contributed by atoms with Crippen molar-refractivity contribution < 1.29 is 32.6 Å². The highest BCUT2D eigenvalue weighted by Gasteiger charge is 2.43. The van der Waals surface area contributed by atoms with Crippen molar-refractivity contribution in [1.29, 1.82) is 0 Å². The molecule has 3 aliphatic rings. The van der Waals surface area contributed by atoms with Crippen LogP contribution >= 0.6 is 0 Å². The smallest absolute Gasteiger partial charge is 0.407 e. The number of nitrogens with zero attached hydrogens (tertiary/aromatic N) is 1. The third kappa shape index (κ3) is 7.18. The number of nitrogens with one attached hydrogen (secondary N) is 2. The maximum Gasteiger partial charge on any atom is 0.407 e. The van der Waals surface area contributed by atoms with E-state index in [2.05, 4.69) is 10.6 Å². The fraction of sp³-hybridized carbons (Fsp3) is 0.517. The molecule has 12 heteroatoms. The van der Waals surface area contributed by atoms with E-state index in [4.69, 9.17) is 15.2 Å². The largest absolute Gasteiger partial charge is 0.446 e. The number of hydrogen-bond donors (Lipinski definition) is 4. The highest BCUT2D eigenvalue weighted by Crippen LogP contribution is 2.37. The Balaban J connectivity index is 1.34. The number of rotatable bonds is 11. The van der Waals surface area contributed by atoms with E-state index in [1.807, 2.05) is 30.3 Å². The Kier molecular flexibility index (Phi) is 9.12. The summed E-state index contributed by atoms with van der Waals surface area (Å²) >= 11 is 0. The molecular weight excluding hydrogens is 548 g/mol. The molecule has 0 spiro atoms. The zero-order chi connectivity index (χ0) is 29.0. The quantitative estimate of drug-likeness (QED) is 0.290. The number of nitrogen functional groups attached to an aromatic ring is 1. The number of ether oxygens (including phenoxy) is 2. The summed E-state index contributed by atoms with van der Waals surface area (Å²) in [6.45, 7) is 0.327. The van der Waals surface area contributed by atoms with E-state index in [-0.39, 0.29) is 48.4 Å². The number of aliphatic hydroxyl groups is 1. The first kappa shape index (κ1) is 29.3. The minimum absolute atomic E-state index is 0.0183. The molecule has 2 aromatic rings. The van der Waals surface area contributed by atoms with E-state index in [1.54, 1.807) is 0 Å². The Hall–Kier alpha value is -3.19. The van der Waals surface area contributed by atoms with Crippen molar-refractivity contribution >= 4 is 27.7 Å². The molecule has 222 valence electrons. The number of benzene rings is 2. The summed E-state index contributed by atoms with van der Waals surface area (Å²) in [5.74, 6) is 0.0222. The molecular formula is C29H38N4O7S. The lowest BCUT2D eigenvalue weighted by atomic mass is 10.0. The zero-order valence-corrected chi connectivity index (χ0v) is 23.7. The highest BCUT2D eigenvalue weighted by atomic mass is 32.2. The van der Waals surface area contributed by atoms with Crippen molar-refractivity contribution in [2.75, 3.05) is 25.4 Å². The van der Waals surface area contributed by atoms with Gasteiger partial charge in [-0.15, -0.1) is 0 Å². The van der Waals surface area contributed by atoms with E-state index in [9.17, 15) is 23.1 Å². The van der Waals surface area contributed by atoms with E-state index in [1.165, 1.54) is 28.6 Å². The third-order valence-electron chi connectivity index (χ3n) is 8.22. The minimum Gasteiger partial charge on any atom is -0.446 e. The summed E-state index contributed by atoms with van der Waals surface area (Å²) < 4.78 is 40.1. The molecule has 1 unspecified atom stereocenters. The standard InChI is InChI=1S/C29H38N4O7S/c30-20-6-9-22(10-7-20)41(37,38)33(17-21-8-13-28(35)31-21)18-25(34)24(16-19-4-2-1-3-5-19)32-29(36)40-27-12-11-26-23(27)14-15-39-26/h1-7,9-10,21,23-27,34H,8,11-18,30H2,(H,31,35)(H,32,36)/t21-,23-,24+,25-,26-,27?/m1/s1. The zero-order valence-electron chi connectivity index (χ0n) is 22.9. The highest BCUT2D eigenvalue weighted by molar-refractivity contribution is 7.89. The maximum absolute atomic E-state index is 13.7. The van der Waals surface area contributed by atoms with Gasteiger partial charge in [0.05, 0.1) is 23.1 Å². The summed E-state index contributed by atoms with van der Waals surface area (Å²) in [6, 6.07) is 13.9. The van der Waals surface area contributed by atoms with Gasteiger partial charge in [0, 0.05) is 43.8 Å². The number of amides is 2. The number of hydrogen-bond acceptors (Lipinski definition) is 8. The summed E-state index contributed by atoms with van der Waals surface area (Å²) in [5, 5.41) is 17.1. The lowest BCUT2D eigenvalue weighted by Gasteiger charge is -2.31. The van der Waals surface area contributed by atoms with Crippen LogP contribution in [-0.4, -0.2) is 79.9 Å². The Morgan fingerprint density at radius 1 is 1.12 bits per heavy atom. The Labute approximate surface area is 240 Å². The molecule has 3 fully saturated rings. The van der Waals surface area contributed by atoms with Crippen molar-refractivity contribution in [3.8, 4) is 0 Å². The predicted molar refractivity (Wildman–Crippen MR) is 151 cm³/mol. The first-order valence-electron chi connectivity index (χ1n) is 14.1. The van der Waals surface area contributed by atoms with Gasteiger partial charge in [0.25, 0.3) is 0 Å². The van der Waals surface area contributed by atoms with Crippen molar-refractivity contribution in [2.24, 2.45) is 5.92 Å². The van der Waals surface area contributed by atoms with Gasteiger partial charge in [-0.05, 0) is 61.9 Å². The van der Waals surface area contributed by atoms with Gasteiger partial charge in [0.2, 0.25) is 15.9 Å². The number of carbonyl (C=O) groups excluding carboxylic acids is 2. The monoisotopic (exact) mass is 586 g/mol. The summed E-state index contributed by atoms with van der Waals surface area (Å²) in [4.78, 5) is 24.9. The van der Waals surface area contributed by atoms with E-state index in [0.29, 0.717) is 25.1 Å². The molecule has 0 aromatic heterocycles. The van der Waals surface area contributed by atoms with Crippen LogP contribution in [0.4, 0.5) is 10.5 Å². The van der Waals surface area contributed by atoms with Gasteiger partial charge < -0.3 is 30.9 Å². The second-order valence-corrected chi connectivity index (χ2v) is 13.0. The molecule has 11 nitrogen and oxygen atoms in total. The number of carbonyl (C=O) groups is 2. The molecule has 0 bridgehead atoms. The Morgan fingerprint density at radius 2 is 1.88 bits per heavy atom. The van der Waals surface area contributed by atoms with E-state index in [0.717, 1.165) is 24.8 Å². The second-order valence-electron chi connectivity index (χ2n) is 11.1. The fourth-order valence-electron chi connectivity index (χ4n) is 6.01. The molecule has 2 aliphatic heterocycles. The summed E-state index contributed by atoms with van der Waals surface area (Å²) in [6.07, 6.45) is 1.36. The van der Waals surface area contributed by atoms with Crippen LogP contribution in [0.3, 0.4) is 0 Å². The van der Waals surface area contributed by atoms with Crippen LogP contribution in [0.25, 0.3) is 0 Å². The molecule has 2 heterocycles. The molecule has 0 radical (unpaired) electrons. The molecule has 6 atom stereocenters. The van der Waals surface area contributed by atoms with Crippen molar-refractivity contribution in [2.45, 2.75) is 73.8 Å². The van der Waals surface area contributed by atoms with Crippen LogP contribution in [0, 0.1) is 5.92 Å². The predicted octanol–water partition coefficient (Wildman–Crippen LogP) is 1.80. The maximum atomic E-state index is 13.7. The first-order valence-corrected chi connectivity index (χ1v) is 15.6. The average Bonchev–Trinajstić information content (AvgIpc) is 3.68. The molecule has 2 aromatic carbocycles. The number of aliphatic hydroxyl groups excluding tert-OH is 1. The van der Waals surface area contributed by atoms with Crippen LogP contribution in [0.1, 0.15) is 37.7 Å². The second kappa shape index (κ2) is 12.8. The third-order valence-corrected chi connectivity index (χ3v) is 10.1. The minimum atomic E-state index is -4.07. The van der Waals surface area contributed by atoms with Crippen LogP contribution < -0.4 is 16.4 Å². The number of nitrogens with two attached hydrogens (primary N) is 1. The van der Waals surface area contributed by atoms with Gasteiger partial charge in [-0.3, -0.25) is 4.79 Å². The molecule has 41 heavy (non-hydrogen) atoms. The van der Waals surface area contributed by atoms with Gasteiger partial charge in [-0.25, -0.2) is 13.2 Å². The van der Waals surface area contributed by atoms with Gasteiger partial charge in [0.1, 0.15) is 6.10 Å². The fourth-order valence-corrected chi connectivity index (χ4v) is 7.51. The first-order chi connectivity index (χ1) is 19.7. The topological polar surface area (TPSA) is 160 Å². The lowest BCUT2D eigenvalue weighted by Crippen LogP contribution is -2.52. The van der Waals surface area contributed by atoms with E-state index >= 15 is 0 Å².